The van der Waals surface area contributed by atoms with Gasteiger partial charge in [0.15, 0.2) is 0 Å². The molecule has 0 bridgehead atoms. The average Bonchev–Trinajstić information content (AvgIpc) is 2.77. The predicted molar refractivity (Wildman–Crippen MR) is 113 cm³/mol. The fraction of sp³-hybridized carbons (Fsp3) is 0.391. The molecule has 1 N–H and O–H groups in total. The molecule has 0 aliphatic heterocycles. The Labute approximate surface area is 177 Å². The topological polar surface area (TPSA) is 67.9 Å². The van der Waals surface area contributed by atoms with Gasteiger partial charge in [-0.3, -0.25) is 9.59 Å². The van der Waals surface area contributed by atoms with E-state index in [1.807, 2.05) is 6.92 Å². The number of benzene rings is 2. The van der Waals surface area contributed by atoms with E-state index in [1.54, 1.807) is 55.5 Å². The second-order valence-electron chi connectivity index (χ2n) is 6.81. The van der Waals surface area contributed by atoms with Crippen LogP contribution in [0, 0.1) is 5.82 Å². The number of carbonyl (C=O) groups is 2. The fourth-order valence-corrected chi connectivity index (χ4v) is 3.10. The minimum absolute atomic E-state index is 0.145. The van der Waals surface area contributed by atoms with Crippen LogP contribution in [0.1, 0.15) is 31.7 Å². The van der Waals surface area contributed by atoms with Gasteiger partial charge in [0.2, 0.25) is 11.8 Å². The van der Waals surface area contributed by atoms with Crippen LogP contribution in [0.5, 0.6) is 11.5 Å². The van der Waals surface area contributed by atoms with E-state index in [9.17, 15) is 14.0 Å². The molecule has 0 unspecified atom stereocenters. The van der Waals surface area contributed by atoms with Crippen molar-refractivity contribution >= 4 is 11.8 Å². The van der Waals surface area contributed by atoms with Gasteiger partial charge in [0.05, 0.1) is 13.7 Å². The lowest BCUT2D eigenvalue weighted by Gasteiger charge is -2.30. The number of nitrogens with zero attached hydrogens (tertiary/aromatic N) is 1. The van der Waals surface area contributed by atoms with Crippen molar-refractivity contribution in [1.29, 1.82) is 0 Å². The summed E-state index contributed by atoms with van der Waals surface area (Å²) >= 11 is 0. The molecule has 1 atom stereocenters. The number of methoxy groups -OCH3 is 1. The van der Waals surface area contributed by atoms with Gasteiger partial charge in [-0.2, -0.15) is 0 Å². The molecule has 162 valence electrons. The molecule has 0 fully saturated rings. The van der Waals surface area contributed by atoms with Crippen LogP contribution in [0.15, 0.2) is 48.5 Å². The minimum atomic E-state index is -0.588. The van der Waals surface area contributed by atoms with Crippen LogP contribution in [0.25, 0.3) is 0 Å². The summed E-state index contributed by atoms with van der Waals surface area (Å²) in [7, 11) is 3.15. The van der Waals surface area contributed by atoms with Gasteiger partial charge in [-0.1, -0.05) is 19.1 Å². The summed E-state index contributed by atoms with van der Waals surface area (Å²) in [6.07, 6.45) is 1.23. The Morgan fingerprint density at radius 2 is 1.70 bits per heavy atom. The summed E-state index contributed by atoms with van der Waals surface area (Å²) < 4.78 is 24.0. The molecule has 0 saturated carbocycles. The summed E-state index contributed by atoms with van der Waals surface area (Å²) in [5, 5.41) is 2.62. The Balaban J connectivity index is 1.98. The first kappa shape index (κ1) is 23.2. The first-order chi connectivity index (χ1) is 14.5. The fourth-order valence-electron chi connectivity index (χ4n) is 3.10. The normalized spacial score (nSPS) is 11.5. The average molecular weight is 416 g/mol. The summed E-state index contributed by atoms with van der Waals surface area (Å²) in [4.78, 5) is 26.8. The lowest BCUT2D eigenvalue weighted by molar-refractivity contribution is -0.141. The van der Waals surface area contributed by atoms with E-state index in [0.717, 1.165) is 11.3 Å². The SMILES string of the molecule is CC[C@@H](C(=O)NC)N(Cc1ccc(F)cc1)C(=O)CCCOc1ccc(OC)cc1. The third kappa shape index (κ3) is 6.76. The monoisotopic (exact) mass is 416 g/mol. The first-order valence-electron chi connectivity index (χ1n) is 10.0. The first-order valence-corrected chi connectivity index (χ1v) is 10.0. The summed E-state index contributed by atoms with van der Waals surface area (Å²) in [5.74, 6) is 0.734. The Kier molecular flexibility index (Phi) is 9.12. The zero-order chi connectivity index (χ0) is 21.9. The molecule has 0 radical (unpaired) electrons. The summed E-state index contributed by atoms with van der Waals surface area (Å²) in [5.41, 5.74) is 0.765. The molecule has 0 spiro atoms. The van der Waals surface area contributed by atoms with Gasteiger partial charge in [0.1, 0.15) is 23.4 Å². The maximum Gasteiger partial charge on any atom is 0.242 e. The number of rotatable bonds is 11. The molecule has 6 nitrogen and oxygen atoms in total. The van der Waals surface area contributed by atoms with Gasteiger partial charge >= 0.3 is 0 Å². The van der Waals surface area contributed by atoms with E-state index in [4.69, 9.17) is 9.47 Å². The number of carbonyl (C=O) groups excluding carboxylic acids is 2. The largest absolute Gasteiger partial charge is 0.497 e. The van der Waals surface area contributed by atoms with Crippen LogP contribution >= 0.6 is 0 Å². The molecule has 2 rings (SSSR count). The number of halogens is 1. The third-order valence-electron chi connectivity index (χ3n) is 4.76. The number of likely N-dealkylation sites (N-methyl/N-ethyl adjacent to an activating group) is 1. The van der Waals surface area contributed by atoms with E-state index < -0.39 is 6.04 Å². The Hall–Kier alpha value is -3.09. The van der Waals surface area contributed by atoms with Crippen molar-refractivity contribution in [2.24, 2.45) is 0 Å². The highest BCUT2D eigenvalue weighted by molar-refractivity contribution is 5.87. The zero-order valence-corrected chi connectivity index (χ0v) is 17.7. The second-order valence-corrected chi connectivity index (χ2v) is 6.81. The van der Waals surface area contributed by atoms with Crippen molar-refractivity contribution < 1.29 is 23.5 Å². The molecule has 0 saturated heterocycles. The molecular weight excluding hydrogens is 387 g/mol. The van der Waals surface area contributed by atoms with E-state index in [-0.39, 0.29) is 30.6 Å². The molecule has 0 aliphatic carbocycles. The highest BCUT2D eigenvalue weighted by atomic mass is 19.1. The van der Waals surface area contributed by atoms with Crippen LogP contribution in [0.3, 0.4) is 0 Å². The van der Waals surface area contributed by atoms with Crippen molar-refractivity contribution in [1.82, 2.24) is 10.2 Å². The zero-order valence-electron chi connectivity index (χ0n) is 17.7. The van der Waals surface area contributed by atoms with Gasteiger partial charge in [-0.25, -0.2) is 4.39 Å². The highest BCUT2D eigenvalue weighted by Crippen LogP contribution is 2.18. The highest BCUT2D eigenvalue weighted by Gasteiger charge is 2.27. The standard InChI is InChI=1S/C23H29FN2O4/c1-4-21(23(28)25-2)26(16-17-7-9-18(24)10-8-17)22(27)6-5-15-30-20-13-11-19(29-3)12-14-20/h7-14,21H,4-6,15-16H2,1-3H3,(H,25,28)/t21-/m0/s1. The molecule has 0 aliphatic rings. The summed E-state index contributed by atoms with van der Waals surface area (Å²) in [6.45, 7) is 2.47. The molecule has 2 aromatic rings. The van der Waals surface area contributed by atoms with E-state index in [2.05, 4.69) is 5.32 Å². The Morgan fingerprint density at radius 1 is 1.07 bits per heavy atom. The van der Waals surface area contributed by atoms with Crippen LogP contribution in [-0.4, -0.2) is 43.5 Å². The van der Waals surface area contributed by atoms with E-state index >= 15 is 0 Å². The van der Waals surface area contributed by atoms with Crippen molar-refractivity contribution in [3.63, 3.8) is 0 Å². The maximum atomic E-state index is 13.2. The number of hydrogen-bond acceptors (Lipinski definition) is 4. The van der Waals surface area contributed by atoms with Crippen LogP contribution in [0.2, 0.25) is 0 Å². The molecule has 0 aromatic heterocycles. The van der Waals surface area contributed by atoms with E-state index in [0.29, 0.717) is 25.2 Å². The predicted octanol–water partition coefficient (Wildman–Crippen LogP) is 3.55. The number of amides is 2. The lowest BCUT2D eigenvalue weighted by Crippen LogP contribution is -2.48. The van der Waals surface area contributed by atoms with Crippen molar-refractivity contribution in [3.05, 3.63) is 59.9 Å². The molecule has 30 heavy (non-hydrogen) atoms. The van der Waals surface area contributed by atoms with Crippen molar-refractivity contribution in [2.45, 2.75) is 38.8 Å². The van der Waals surface area contributed by atoms with E-state index in [1.165, 1.54) is 12.1 Å². The van der Waals surface area contributed by atoms with Gasteiger partial charge in [-0.05, 0) is 54.8 Å². The number of ether oxygens (including phenoxy) is 2. The Bertz CT molecular complexity index is 809. The smallest absolute Gasteiger partial charge is 0.242 e. The molecule has 0 heterocycles. The summed E-state index contributed by atoms with van der Waals surface area (Å²) in [6, 6.07) is 12.6. The van der Waals surface area contributed by atoms with Crippen LogP contribution in [0.4, 0.5) is 4.39 Å². The molecular formula is C23H29FN2O4. The Morgan fingerprint density at radius 3 is 2.27 bits per heavy atom. The lowest BCUT2D eigenvalue weighted by atomic mass is 10.1. The minimum Gasteiger partial charge on any atom is -0.497 e. The van der Waals surface area contributed by atoms with Gasteiger partial charge in [0.25, 0.3) is 0 Å². The number of nitrogens with one attached hydrogen (secondary N) is 1. The molecule has 2 amide bonds. The number of hydrogen-bond donors (Lipinski definition) is 1. The van der Waals surface area contributed by atoms with Gasteiger partial charge in [0, 0.05) is 20.0 Å². The molecule has 2 aromatic carbocycles. The van der Waals surface area contributed by atoms with Crippen LogP contribution < -0.4 is 14.8 Å². The van der Waals surface area contributed by atoms with Crippen LogP contribution in [-0.2, 0) is 16.1 Å². The molecule has 7 heteroatoms. The third-order valence-corrected chi connectivity index (χ3v) is 4.76. The quantitative estimate of drug-likeness (QED) is 0.569. The van der Waals surface area contributed by atoms with Gasteiger partial charge < -0.3 is 19.7 Å². The van der Waals surface area contributed by atoms with Crippen molar-refractivity contribution in [3.8, 4) is 11.5 Å². The second kappa shape index (κ2) is 11.8. The van der Waals surface area contributed by atoms with Gasteiger partial charge in [-0.15, -0.1) is 0 Å². The van der Waals surface area contributed by atoms with Crippen molar-refractivity contribution in [2.75, 3.05) is 20.8 Å². The maximum absolute atomic E-state index is 13.2.